The zero-order valence-corrected chi connectivity index (χ0v) is 14.9. The van der Waals surface area contributed by atoms with Gasteiger partial charge in [-0.25, -0.2) is 9.97 Å². The highest BCUT2D eigenvalue weighted by Crippen LogP contribution is 2.26. The molecule has 7 heteroatoms. The second-order valence-corrected chi connectivity index (χ2v) is 6.81. The smallest absolute Gasteiger partial charge is 0.162 e. The van der Waals surface area contributed by atoms with Gasteiger partial charge in [-0.15, -0.1) is 10.2 Å². The number of para-hydroxylation sites is 1. The van der Waals surface area contributed by atoms with Gasteiger partial charge in [0.25, 0.3) is 0 Å². The minimum atomic E-state index is 0.315. The molecule has 0 atom stereocenters. The molecule has 126 valence electrons. The molecule has 4 rings (SSSR count). The van der Waals surface area contributed by atoms with Crippen molar-refractivity contribution in [1.82, 2.24) is 24.7 Å². The Morgan fingerprint density at radius 3 is 2.84 bits per heavy atom. The Bertz CT molecular complexity index is 990. The van der Waals surface area contributed by atoms with Crippen LogP contribution in [-0.4, -0.2) is 24.7 Å². The number of fused-ring (bicyclic) bond motifs is 1. The minimum Gasteiger partial charge on any atom is -0.362 e. The number of thiophene rings is 1. The fourth-order valence-corrected chi connectivity index (χ4v) is 3.35. The van der Waals surface area contributed by atoms with Gasteiger partial charge in [0, 0.05) is 22.4 Å². The van der Waals surface area contributed by atoms with Crippen molar-refractivity contribution < 1.29 is 0 Å². The van der Waals surface area contributed by atoms with Gasteiger partial charge in [-0.1, -0.05) is 12.1 Å². The number of hydrogen-bond acceptors (Lipinski definition) is 6. The van der Waals surface area contributed by atoms with Crippen molar-refractivity contribution >= 4 is 28.1 Å². The third-order valence-corrected chi connectivity index (χ3v) is 4.68. The van der Waals surface area contributed by atoms with Crippen LogP contribution in [0.2, 0.25) is 0 Å². The maximum Gasteiger partial charge on any atom is 0.162 e. The summed E-state index contributed by atoms with van der Waals surface area (Å²) in [5.74, 6) is 2.42. The van der Waals surface area contributed by atoms with Crippen molar-refractivity contribution in [3.05, 3.63) is 53.2 Å². The lowest BCUT2D eigenvalue weighted by Gasteiger charge is -2.13. The van der Waals surface area contributed by atoms with E-state index in [1.807, 2.05) is 35.7 Å². The SMILES string of the molecule is CC(C)n1cnnc1CNc1nc(-c2ccsc2)nc2ccccc12. The summed E-state index contributed by atoms with van der Waals surface area (Å²) in [4.78, 5) is 9.44. The van der Waals surface area contributed by atoms with Crippen molar-refractivity contribution in [1.29, 1.82) is 0 Å². The first kappa shape index (κ1) is 15.7. The van der Waals surface area contributed by atoms with E-state index in [-0.39, 0.29) is 0 Å². The summed E-state index contributed by atoms with van der Waals surface area (Å²) in [5.41, 5.74) is 1.95. The Morgan fingerprint density at radius 2 is 2.04 bits per heavy atom. The summed E-state index contributed by atoms with van der Waals surface area (Å²) in [5, 5.41) is 16.7. The topological polar surface area (TPSA) is 68.5 Å². The van der Waals surface area contributed by atoms with Crippen LogP contribution in [0.1, 0.15) is 25.7 Å². The van der Waals surface area contributed by atoms with E-state index in [0.29, 0.717) is 12.6 Å². The van der Waals surface area contributed by atoms with Crippen LogP contribution >= 0.6 is 11.3 Å². The molecule has 25 heavy (non-hydrogen) atoms. The molecule has 0 amide bonds. The molecule has 0 fully saturated rings. The monoisotopic (exact) mass is 350 g/mol. The Morgan fingerprint density at radius 1 is 1.16 bits per heavy atom. The molecule has 0 saturated heterocycles. The summed E-state index contributed by atoms with van der Waals surface area (Å²) in [7, 11) is 0. The highest BCUT2D eigenvalue weighted by molar-refractivity contribution is 7.08. The van der Waals surface area contributed by atoms with Gasteiger partial charge in [-0.2, -0.15) is 11.3 Å². The largest absolute Gasteiger partial charge is 0.362 e. The fourth-order valence-electron chi connectivity index (χ4n) is 2.72. The number of aromatic nitrogens is 5. The summed E-state index contributed by atoms with van der Waals surface area (Å²) in [6, 6.07) is 10.4. The van der Waals surface area contributed by atoms with Gasteiger partial charge in [0.05, 0.1) is 12.1 Å². The van der Waals surface area contributed by atoms with E-state index in [9.17, 15) is 0 Å². The maximum atomic E-state index is 4.74. The van der Waals surface area contributed by atoms with E-state index >= 15 is 0 Å². The van der Waals surface area contributed by atoms with Crippen molar-refractivity contribution in [2.24, 2.45) is 0 Å². The quantitative estimate of drug-likeness (QED) is 0.586. The predicted octanol–water partition coefficient (Wildman–Crippen LogP) is 4.14. The highest BCUT2D eigenvalue weighted by Gasteiger charge is 2.12. The lowest BCUT2D eigenvalue weighted by Crippen LogP contribution is -2.11. The first-order chi connectivity index (χ1) is 12.2. The van der Waals surface area contributed by atoms with Crippen LogP contribution in [-0.2, 0) is 6.54 Å². The first-order valence-corrected chi connectivity index (χ1v) is 9.08. The van der Waals surface area contributed by atoms with Crippen LogP contribution in [0.4, 0.5) is 5.82 Å². The number of anilines is 1. The molecule has 3 aromatic heterocycles. The van der Waals surface area contributed by atoms with Crippen LogP contribution in [0.3, 0.4) is 0 Å². The predicted molar refractivity (Wildman–Crippen MR) is 101 cm³/mol. The number of benzene rings is 1. The second-order valence-electron chi connectivity index (χ2n) is 6.03. The van der Waals surface area contributed by atoms with E-state index in [4.69, 9.17) is 9.97 Å². The van der Waals surface area contributed by atoms with E-state index in [0.717, 1.165) is 33.9 Å². The minimum absolute atomic E-state index is 0.315. The van der Waals surface area contributed by atoms with Crippen LogP contribution in [0.15, 0.2) is 47.4 Å². The molecule has 4 aromatic rings. The van der Waals surface area contributed by atoms with Gasteiger partial charge in [0.15, 0.2) is 11.6 Å². The summed E-state index contributed by atoms with van der Waals surface area (Å²) in [6.07, 6.45) is 1.76. The Hall–Kier alpha value is -2.80. The van der Waals surface area contributed by atoms with Gasteiger partial charge in [-0.05, 0) is 37.4 Å². The third-order valence-electron chi connectivity index (χ3n) is 4.00. The summed E-state index contributed by atoms with van der Waals surface area (Å²) >= 11 is 1.64. The van der Waals surface area contributed by atoms with E-state index in [1.165, 1.54) is 0 Å². The molecule has 6 nitrogen and oxygen atoms in total. The Balaban J connectivity index is 1.71. The fraction of sp³-hybridized carbons (Fsp3) is 0.222. The first-order valence-electron chi connectivity index (χ1n) is 8.14. The van der Waals surface area contributed by atoms with Crippen molar-refractivity contribution in [3.63, 3.8) is 0 Å². The molecule has 0 unspecified atom stereocenters. The average Bonchev–Trinajstić information content (AvgIpc) is 3.31. The van der Waals surface area contributed by atoms with Crippen LogP contribution in [0.5, 0.6) is 0 Å². The number of hydrogen-bond donors (Lipinski definition) is 1. The average molecular weight is 350 g/mol. The molecule has 1 aromatic carbocycles. The highest BCUT2D eigenvalue weighted by atomic mass is 32.1. The van der Waals surface area contributed by atoms with Crippen LogP contribution < -0.4 is 5.32 Å². The van der Waals surface area contributed by atoms with Gasteiger partial charge in [-0.3, -0.25) is 0 Å². The van der Waals surface area contributed by atoms with Gasteiger partial charge in [0.2, 0.25) is 0 Å². The second kappa shape index (κ2) is 6.60. The number of rotatable bonds is 5. The van der Waals surface area contributed by atoms with Crippen molar-refractivity contribution in [3.8, 4) is 11.4 Å². The van der Waals surface area contributed by atoms with Gasteiger partial charge < -0.3 is 9.88 Å². The Labute approximate surface area is 149 Å². The summed E-state index contributed by atoms with van der Waals surface area (Å²) < 4.78 is 2.05. The third kappa shape index (κ3) is 3.10. The molecule has 1 N–H and O–H groups in total. The molecular weight excluding hydrogens is 332 g/mol. The Kier molecular flexibility index (Phi) is 4.15. The molecule has 0 aliphatic carbocycles. The summed E-state index contributed by atoms with van der Waals surface area (Å²) in [6.45, 7) is 4.78. The molecule has 0 bridgehead atoms. The number of nitrogens with zero attached hydrogens (tertiary/aromatic N) is 5. The van der Waals surface area contributed by atoms with E-state index < -0.39 is 0 Å². The molecule has 0 radical (unpaired) electrons. The van der Waals surface area contributed by atoms with E-state index in [2.05, 4.69) is 39.3 Å². The normalized spacial score (nSPS) is 11.3. The van der Waals surface area contributed by atoms with E-state index in [1.54, 1.807) is 17.7 Å². The van der Waals surface area contributed by atoms with Crippen molar-refractivity contribution in [2.45, 2.75) is 26.4 Å². The molecule has 0 spiro atoms. The molecule has 3 heterocycles. The molecule has 0 aliphatic heterocycles. The molecular formula is C18H18N6S. The van der Waals surface area contributed by atoms with Crippen LogP contribution in [0, 0.1) is 0 Å². The zero-order valence-electron chi connectivity index (χ0n) is 14.0. The number of nitrogens with one attached hydrogen (secondary N) is 1. The zero-order chi connectivity index (χ0) is 17.2. The van der Waals surface area contributed by atoms with Crippen LogP contribution in [0.25, 0.3) is 22.3 Å². The maximum absolute atomic E-state index is 4.74. The molecule has 0 saturated carbocycles. The lowest BCUT2D eigenvalue weighted by atomic mass is 10.2. The molecule has 0 aliphatic rings. The van der Waals surface area contributed by atoms with Gasteiger partial charge >= 0.3 is 0 Å². The van der Waals surface area contributed by atoms with Gasteiger partial charge in [0.1, 0.15) is 12.1 Å². The lowest BCUT2D eigenvalue weighted by molar-refractivity contribution is 0.572. The standard InChI is InChI=1S/C18H18N6S/c1-12(2)24-11-20-23-16(24)9-19-18-14-5-3-4-6-15(14)21-17(22-18)13-7-8-25-10-13/h3-8,10-12H,9H2,1-2H3,(H,19,21,22). The van der Waals surface area contributed by atoms with Crippen molar-refractivity contribution in [2.75, 3.05) is 5.32 Å².